The highest BCUT2D eigenvalue weighted by atomic mass is 19.4. The zero-order chi connectivity index (χ0) is 19.9. The average Bonchev–Trinajstić information content (AvgIpc) is 2.64. The largest absolute Gasteiger partial charge is 0.405 e. The fourth-order valence-electron chi connectivity index (χ4n) is 2.09. The van der Waals surface area contributed by atoms with Gasteiger partial charge in [-0.25, -0.2) is 0 Å². The van der Waals surface area contributed by atoms with Crippen LogP contribution in [0.4, 0.5) is 18.9 Å². The number of benzene rings is 2. The molecule has 0 atom stereocenters. The molecule has 0 aliphatic rings. The second kappa shape index (κ2) is 8.84. The summed E-state index contributed by atoms with van der Waals surface area (Å²) in [4.78, 5) is 28.9. The molecule has 0 bridgehead atoms. The van der Waals surface area contributed by atoms with Gasteiger partial charge in [-0.3, -0.25) is 9.59 Å². The number of oxime groups is 1. The first-order valence-electron chi connectivity index (χ1n) is 7.72. The first-order valence-corrected chi connectivity index (χ1v) is 7.72. The first-order chi connectivity index (χ1) is 12.8. The van der Waals surface area contributed by atoms with E-state index >= 15 is 0 Å². The van der Waals surface area contributed by atoms with Crippen LogP contribution in [-0.2, 0) is 4.84 Å². The van der Waals surface area contributed by atoms with Crippen molar-refractivity contribution in [3.63, 3.8) is 0 Å². The van der Waals surface area contributed by atoms with Gasteiger partial charge in [-0.15, -0.1) is 0 Å². The fourth-order valence-corrected chi connectivity index (χ4v) is 2.09. The average molecular weight is 379 g/mol. The molecule has 0 heterocycles. The summed E-state index contributed by atoms with van der Waals surface area (Å²) in [6.07, 6.45) is -3.07. The lowest BCUT2D eigenvalue weighted by Gasteiger charge is -2.12. The van der Waals surface area contributed by atoms with Crippen LogP contribution in [0.25, 0.3) is 0 Å². The molecule has 27 heavy (non-hydrogen) atoms. The molecule has 0 saturated heterocycles. The second-order valence-electron chi connectivity index (χ2n) is 5.34. The summed E-state index contributed by atoms with van der Waals surface area (Å²) in [5.41, 5.74) is 1.04. The molecule has 142 valence electrons. The van der Waals surface area contributed by atoms with Gasteiger partial charge in [0.1, 0.15) is 13.7 Å². The SMILES string of the molecule is CO/N=C/c1ccc(C(=O)Nc2ccccc2C(=O)NCC(F)(F)F)cc1. The van der Waals surface area contributed by atoms with E-state index in [-0.39, 0.29) is 11.3 Å². The number of carbonyl (C=O) groups excluding carboxylic acids is 2. The molecule has 0 unspecified atom stereocenters. The topological polar surface area (TPSA) is 79.8 Å². The van der Waals surface area contributed by atoms with Gasteiger partial charge >= 0.3 is 6.18 Å². The van der Waals surface area contributed by atoms with Crippen molar-refractivity contribution in [1.82, 2.24) is 5.32 Å². The van der Waals surface area contributed by atoms with Crippen molar-refractivity contribution >= 4 is 23.7 Å². The number of alkyl halides is 3. The summed E-state index contributed by atoms with van der Waals surface area (Å²) in [6.45, 7) is -1.46. The number of anilines is 1. The van der Waals surface area contributed by atoms with Crippen molar-refractivity contribution in [2.24, 2.45) is 5.16 Å². The number of rotatable bonds is 6. The summed E-state index contributed by atoms with van der Waals surface area (Å²) in [5.74, 6) is -1.45. The predicted octanol–water partition coefficient (Wildman–Crippen LogP) is 3.21. The van der Waals surface area contributed by atoms with E-state index in [2.05, 4.69) is 15.3 Å². The zero-order valence-corrected chi connectivity index (χ0v) is 14.2. The molecular formula is C18H16F3N3O3. The Hall–Kier alpha value is -3.36. The summed E-state index contributed by atoms with van der Waals surface area (Å²) in [5, 5.41) is 7.91. The minimum absolute atomic E-state index is 0.0704. The van der Waals surface area contributed by atoms with Gasteiger partial charge in [0.05, 0.1) is 17.5 Å². The van der Waals surface area contributed by atoms with Crippen LogP contribution in [0.3, 0.4) is 0 Å². The van der Waals surface area contributed by atoms with Crippen molar-refractivity contribution in [3.05, 3.63) is 65.2 Å². The van der Waals surface area contributed by atoms with Gasteiger partial charge in [0.2, 0.25) is 0 Å². The summed E-state index contributed by atoms with van der Waals surface area (Å²) < 4.78 is 36.8. The van der Waals surface area contributed by atoms with Crippen LogP contribution in [0, 0.1) is 0 Å². The molecule has 0 spiro atoms. The lowest BCUT2D eigenvalue weighted by atomic mass is 10.1. The van der Waals surface area contributed by atoms with E-state index in [1.54, 1.807) is 35.6 Å². The Morgan fingerprint density at radius 3 is 2.37 bits per heavy atom. The van der Waals surface area contributed by atoms with Crippen molar-refractivity contribution in [2.75, 3.05) is 19.0 Å². The van der Waals surface area contributed by atoms with Crippen molar-refractivity contribution < 1.29 is 27.6 Å². The van der Waals surface area contributed by atoms with Gasteiger partial charge in [0, 0.05) is 5.56 Å². The summed E-state index contributed by atoms with van der Waals surface area (Å²) >= 11 is 0. The highest BCUT2D eigenvalue weighted by Gasteiger charge is 2.28. The van der Waals surface area contributed by atoms with Gasteiger partial charge < -0.3 is 15.5 Å². The van der Waals surface area contributed by atoms with E-state index in [4.69, 9.17) is 0 Å². The van der Waals surface area contributed by atoms with Gasteiger partial charge in [0.25, 0.3) is 11.8 Å². The van der Waals surface area contributed by atoms with Crippen molar-refractivity contribution in [2.45, 2.75) is 6.18 Å². The zero-order valence-electron chi connectivity index (χ0n) is 14.2. The maximum Gasteiger partial charge on any atom is 0.405 e. The summed E-state index contributed by atoms with van der Waals surface area (Å²) in [7, 11) is 1.40. The lowest BCUT2D eigenvalue weighted by Crippen LogP contribution is -2.34. The van der Waals surface area contributed by atoms with Crippen LogP contribution in [0.1, 0.15) is 26.3 Å². The molecule has 2 aromatic rings. The lowest BCUT2D eigenvalue weighted by molar-refractivity contribution is -0.123. The molecule has 9 heteroatoms. The number of halogens is 3. The number of carbonyl (C=O) groups is 2. The highest BCUT2D eigenvalue weighted by Crippen LogP contribution is 2.18. The molecule has 2 N–H and O–H groups in total. The predicted molar refractivity (Wildman–Crippen MR) is 93.8 cm³/mol. The Kier molecular flexibility index (Phi) is 6.53. The molecule has 2 rings (SSSR count). The molecule has 2 aromatic carbocycles. The molecule has 0 aliphatic carbocycles. The number of nitrogens with one attached hydrogen (secondary N) is 2. The molecule has 0 fully saturated rings. The van der Waals surface area contributed by atoms with Crippen LogP contribution in [0.2, 0.25) is 0 Å². The maximum atomic E-state index is 12.4. The maximum absolute atomic E-state index is 12.4. The molecule has 6 nitrogen and oxygen atoms in total. The monoisotopic (exact) mass is 379 g/mol. The fraction of sp³-hybridized carbons (Fsp3) is 0.167. The van der Waals surface area contributed by atoms with Crippen molar-refractivity contribution in [1.29, 1.82) is 0 Å². The Morgan fingerprint density at radius 2 is 1.74 bits per heavy atom. The van der Waals surface area contributed by atoms with E-state index in [0.717, 1.165) is 0 Å². The minimum atomic E-state index is -4.53. The van der Waals surface area contributed by atoms with Crippen LogP contribution < -0.4 is 10.6 Å². The first kappa shape index (κ1) is 20.0. The molecule has 2 amide bonds. The number of hydrogen-bond acceptors (Lipinski definition) is 4. The number of hydrogen-bond donors (Lipinski definition) is 2. The van der Waals surface area contributed by atoms with Crippen LogP contribution in [-0.4, -0.2) is 37.9 Å². The quantitative estimate of drug-likeness (QED) is 0.598. The molecule has 0 radical (unpaired) electrons. The van der Waals surface area contributed by atoms with Gasteiger partial charge in [-0.1, -0.05) is 29.4 Å². The Labute approximate surface area is 153 Å². The van der Waals surface area contributed by atoms with E-state index < -0.39 is 24.5 Å². The number of para-hydroxylation sites is 1. The van der Waals surface area contributed by atoms with E-state index in [0.29, 0.717) is 11.1 Å². The Balaban J connectivity index is 2.12. The number of nitrogens with zero attached hydrogens (tertiary/aromatic N) is 1. The van der Waals surface area contributed by atoms with Crippen LogP contribution in [0.5, 0.6) is 0 Å². The van der Waals surface area contributed by atoms with E-state index in [9.17, 15) is 22.8 Å². The molecular weight excluding hydrogens is 363 g/mol. The Morgan fingerprint density at radius 1 is 1.07 bits per heavy atom. The van der Waals surface area contributed by atoms with Gasteiger partial charge in [0.15, 0.2) is 0 Å². The van der Waals surface area contributed by atoms with Crippen LogP contribution in [0.15, 0.2) is 53.7 Å². The van der Waals surface area contributed by atoms with Crippen molar-refractivity contribution in [3.8, 4) is 0 Å². The Bertz CT molecular complexity index is 834. The standard InChI is InChI=1S/C18H16F3N3O3/c1-27-23-10-12-6-8-13(9-7-12)16(25)24-15-5-3-2-4-14(15)17(26)22-11-18(19,20)21/h2-10H,11H2,1H3,(H,22,26)(H,24,25)/b23-10+. The highest BCUT2D eigenvalue weighted by molar-refractivity contribution is 6.09. The normalized spacial score (nSPS) is 11.3. The molecule has 0 aromatic heterocycles. The van der Waals surface area contributed by atoms with E-state index in [1.165, 1.54) is 31.5 Å². The van der Waals surface area contributed by atoms with Crippen LogP contribution >= 0.6 is 0 Å². The van der Waals surface area contributed by atoms with Gasteiger partial charge in [-0.2, -0.15) is 13.2 Å². The molecule has 0 aliphatic heterocycles. The van der Waals surface area contributed by atoms with E-state index in [1.807, 2.05) is 0 Å². The third-order valence-corrected chi connectivity index (χ3v) is 3.35. The summed E-state index contributed by atoms with van der Waals surface area (Å²) in [6, 6.07) is 12.2. The number of amides is 2. The second-order valence-corrected chi connectivity index (χ2v) is 5.34. The third kappa shape index (κ3) is 6.14. The van der Waals surface area contributed by atoms with Gasteiger partial charge in [-0.05, 0) is 29.8 Å². The third-order valence-electron chi connectivity index (χ3n) is 3.35. The minimum Gasteiger partial charge on any atom is -0.399 e. The molecule has 0 saturated carbocycles. The smallest absolute Gasteiger partial charge is 0.399 e.